The molecule has 0 spiro atoms. The standard InChI is InChI=1S/C25H30N6O5/c1-4-30-22-21(24(33)31(5-2)25(30)34)28(3)20(27-22)9-7-16-6-8-17-18(14-16)35-15-19(36-17)23(32)29-12-10-26-11-13-29/h6-9,14,19,26H,4-5,10-13,15H2,1-3H3/b9-7+. The van der Waals surface area contributed by atoms with E-state index in [4.69, 9.17) is 9.47 Å². The van der Waals surface area contributed by atoms with E-state index in [9.17, 15) is 14.4 Å². The highest BCUT2D eigenvalue weighted by Crippen LogP contribution is 2.33. The lowest BCUT2D eigenvalue weighted by atomic mass is 10.1. The molecule has 5 rings (SSSR count). The topological polar surface area (TPSA) is 113 Å². The molecule has 1 fully saturated rings. The van der Waals surface area contributed by atoms with Gasteiger partial charge < -0.3 is 24.3 Å². The van der Waals surface area contributed by atoms with E-state index in [1.54, 1.807) is 35.6 Å². The number of imidazole rings is 1. The molecule has 1 aromatic carbocycles. The summed E-state index contributed by atoms with van der Waals surface area (Å²) in [4.78, 5) is 44.7. The minimum absolute atomic E-state index is 0.0549. The zero-order valence-corrected chi connectivity index (χ0v) is 20.7. The Balaban J connectivity index is 1.39. The van der Waals surface area contributed by atoms with Crippen LogP contribution < -0.4 is 26.0 Å². The van der Waals surface area contributed by atoms with Crippen molar-refractivity contribution in [2.75, 3.05) is 32.8 Å². The summed E-state index contributed by atoms with van der Waals surface area (Å²) in [5, 5.41) is 3.23. The van der Waals surface area contributed by atoms with Gasteiger partial charge in [0.25, 0.3) is 11.5 Å². The van der Waals surface area contributed by atoms with Crippen LogP contribution in [0.5, 0.6) is 11.5 Å². The largest absolute Gasteiger partial charge is 0.485 e. The van der Waals surface area contributed by atoms with Crippen molar-refractivity contribution < 1.29 is 14.3 Å². The number of carbonyl (C=O) groups is 1. The van der Waals surface area contributed by atoms with Crippen LogP contribution >= 0.6 is 0 Å². The van der Waals surface area contributed by atoms with Gasteiger partial charge in [-0.2, -0.15) is 0 Å². The average molecular weight is 495 g/mol. The van der Waals surface area contributed by atoms with Crippen LogP contribution in [0, 0.1) is 0 Å². The number of carbonyl (C=O) groups excluding carboxylic acids is 1. The number of benzene rings is 1. The minimum atomic E-state index is -0.652. The summed E-state index contributed by atoms with van der Waals surface area (Å²) in [6.45, 7) is 7.38. The second-order valence-electron chi connectivity index (χ2n) is 8.81. The Morgan fingerprint density at radius 1 is 1.11 bits per heavy atom. The number of hydrogen-bond donors (Lipinski definition) is 1. The number of hydrogen-bond acceptors (Lipinski definition) is 7. The lowest BCUT2D eigenvalue weighted by Crippen LogP contribution is -2.53. The van der Waals surface area contributed by atoms with Gasteiger partial charge in [-0.05, 0) is 37.6 Å². The lowest BCUT2D eigenvalue weighted by Gasteiger charge is -2.33. The first kappa shape index (κ1) is 23.9. The van der Waals surface area contributed by atoms with Gasteiger partial charge in [0.1, 0.15) is 12.4 Å². The Kier molecular flexibility index (Phi) is 6.40. The maximum Gasteiger partial charge on any atom is 0.332 e. The summed E-state index contributed by atoms with van der Waals surface area (Å²) in [7, 11) is 1.76. The molecule has 3 aromatic rings. The van der Waals surface area contributed by atoms with Crippen LogP contribution in [0.1, 0.15) is 25.2 Å². The van der Waals surface area contributed by atoms with Crippen molar-refractivity contribution in [3.05, 3.63) is 50.4 Å². The fourth-order valence-electron chi connectivity index (χ4n) is 4.66. The van der Waals surface area contributed by atoms with Gasteiger partial charge in [0.2, 0.25) is 6.10 Å². The van der Waals surface area contributed by atoms with Crippen LogP contribution in [0.25, 0.3) is 23.3 Å². The van der Waals surface area contributed by atoms with Gasteiger partial charge in [-0.25, -0.2) is 9.78 Å². The van der Waals surface area contributed by atoms with Gasteiger partial charge in [-0.3, -0.25) is 18.7 Å². The number of aromatic nitrogens is 4. The quantitative estimate of drug-likeness (QED) is 0.555. The van der Waals surface area contributed by atoms with E-state index in [0.717, 1.165) is 18.7 Å². The number of aryl methyl sites for hydroxylation is 2. The van der Waals surface area contributed by atoms with Crippen molar-refractivity contribution in [2.45, 2.75) is 33.0 Å². The first-order valence-electron chi connectivity index (χ1n) is 12.2. The van der Waals surface area contributed by atoms with Crippen LogP contribution in [-0.4, -0.2) is 68.4 Å². The highest BCUT2D eigenvalue weighted by atomic mass is 16.6. The predicted octanol–water partition coefficient (Wildman–Crippen LogP) is 0.679. The molecule has 11 heteroatoms. The molecular formula is C25H30N6O5. The molecular weight excluding hydrogens is 464 g/mol. The molecule has 1 N–H and O–H groups in total. The van der Waals surface area contributed by atoms with Crippen LogP contribution in [0.3, 0.4) is 0 Å². The molecule has 1 unspecified atom stereocenters. The minimum Gasteiger partial charge on any atom is -0.485 e. The molecule has 11 nitrogen and oxygen atoms in total. The Bertz CT molecular complexity index is 1460. The zero-order valence-electron chi connectivity index (χ0n) is 20.7. The molecule has 1 atom stereocenters. The van der Waals surface area contributed by atoms with Gasteiger partial charge >= 0.3 is 5.69 Å². The van der Waals surface area contributed by atoms with E-state index >= 15 is 0 Å². The summed E-state index contributed by atoms with van der Waals surface area (Å²) in [6.07, 6.45) is 3.00. The fraction of sp³-hybridized carbons (Fsp3) is 0.440. The summed E-state index contributed by atoms with van der Waals surface area (Å²) < 4.78 is 16.3. The smallest absolute Gasteiger partial charge is 0.332 e. The molecule has 1 amide bonds. The lowest BCUT2D eigenvalue weighted by molar-refractivity contribution is -0.141. The summed E-state index contributed by atoms with van der Waals surface area (Å²) in [5.41, 5.74) is 0.907. The maximum atomic E-state index is 12.9. The van der Waals surface area contributed by atoms with Crippen molar-refractivity contribution >= 4 is 29.2 Å². The highest BCUT2D eigenvalue weighted by molar-refractivity contribution is 5.82. The van der Waals surface area contributed by atoms with Crippen LogP contribution in [0.4, 0.5) is 0 Å². The highest BCUT2D eigenvalue weighted by Gasteiger charge is 2.31. The van der Waals surface area contributed by atoms with E-state index in [1.807, 2.05) is 25.1 Å². The molecule has 190 valence electrons. The normalized spacial score (nSPS) is 17.8. The first-order valence-corrected chi connectivity index (χ1v) is 12.2. The van der Waals surface area contributed by atoms with Crippen molar-refractivity contribution in [1.82, 2.24) is 28.9 Å². The number of ether oxygens (including phenoxy) is 2. The monoisotopic (exact) mass is 494 g/mol. The Morgan fingerprint density at radius 2 is 1.86 bits per heavy atom. The van der Waals surface area contributed by atoms with Crippen LogP contribution in [-0.2, 0) is 24.9 Å². The summed E-state index contributed by atoms with van der Waals surface area (Å²) in [6, 6.07) is 5.49. The molecule has 2 aliphatic heterocycles. The zero-order chi connectivity index (χ0) is 25.4. The second kappa shape index (κ2) is 9.65. The molecule has 1 saturated heterocycles. The van der Waals surface area contributed by atoms with Crippen molar-refractivity contribution in [2.24, 2.45) is 7.05 Å². The van der Waals surface area contributed by atoms with Gasteiger partial charge in [0, 0.05) is 46.3 Å². The van der Waals surface area contributed by atoms with E-state index < -0.39 is 6.10 Å². The maximum absolute atomic E-state index is 12.9. The third kappa shape index (κ3) is 4.09. The average Bonchev–Trinajstić information content (AvgIpc) is 3.23. The number of amides is 1. The van der Waals surface area contributed by atoms with Crippen molar-refractivity contribution in [1.29, 1.82) is 0 Å². The van der Waals surface area contributed by atoms with Gasteiger partial charge in [0.15, 0.2) is 22.7 Å². The number of rotatable bonds is 5. The third-order valence-electron chi connectivity index (χ3n) is 6.67. The van der Waals surface area contributed by atoms with Crippen LogP contribution in [0.2, 0.25) is 0 Å². The molecule has 36 heavy (non-hydrogen) atoms. The van der Waals surface area contributed by atoms with Gasteiger partial charge in [-0.15, -0.1) is 0 Å². The molecule has 2 aromatic heterocycles. The molecule has 0 radical (unpaired) electrons. The van der Waals surface area contributed by atoms with Crippen LogP contribution in [0.15, 0.2) is 27.8 Å². The molecule has 0 aliphatic carbocycles. The third-order valence-corrected chi connectivity index (χ3v) is 6.67. The van der Waals surface area contributed by atoms with E-state index in [-0.39, 0.29) is 23.8 Å². The van der Waals surface area contributed by atoms with E-state index in [2.05, 4.69) is 10.3 Å². The van der Waals surface area contributed by atoms with Crippen molar-refractivity contribution in [3.8, 4) is 11.5 Å². The van der Waals surface area contributed by atoms with Gasteiger partial charge in [0.05, 0.1) is 0 Å². The van der Waals surface area contributed by atoms with E-state index in [1.165, 1.54) is 9.13 Å². The van der Waals surface area contributed by atoms with Gasteiger partial charge in [-0.1, -0.05) is 12.1 Å². The van der Waals surface area contributed by atoms with E-state index in [0.29, 0.717) is 54.7 Å². The van der Waals surface area contributed by atoms with Crippen molar-refractivity contribution in [3.63, 3.8) is 0 Å². The summed E-state index contributed by atoms with van der Waals surface area (Å²) in [5.74, 6) is 1.59. The number of piperazine rings is 1. The first-order chi connectivity index (χ1) is 17.4. The Morgan fingerprint density at radius 3 is 2.58 bits per heavy atom. The molecule has 0 saturated carbocycles. The molecule has 2 aliphatic rings. The SMILES string of the molecule is CCn1c(=O)c2c(nc(/C=C/c3ccc4c(c3)OCC(C(=O)N3CCNCC3)O4)n2C)n(CC)c1=O. The predicted molar refractivity (Wildman–Crippen MR) is 135 cm³/mol. The number of fused-ring (bicyclic) bond motifs is 2. The summed E-state index contributed by atoms with van der Waals surface area (Å²) >= 11 is 0. The Hall–Kier alpha value is -3.86. The second-order valence-corrected chi connectivity index (χ2v) is 8.81. The number of nitrogens with one attached hydrogen (secondary N) is 1. The molecule has 4 heterocycles. The number of nitrogens with zero attached hydrogens (tertiary/aromatic N) is 5. The Labute approximate surface area is 207 Å². The fourth-order valence-corrected chi connectivity index (χ4v) is 4.66. The molecule has 0 bridgehead atoms.